The predicted molar refractivity (Wildman–Crippen MR) is 98.2 cm³/mol. The first-order valence-corrected chi connectivity index (χ1v) is 10.4. The first-order chi connectivity index (χ1) is 12.4. The van der Waals surface area contributed by atoms with Crippen LogP contribution in [0.5, 0.6) is 0 Å². The van der Waals surface area contributed by atoms with E-state index in [1.54, 1.807) is 10.5 Å². The highest BCUT2D eigenvalue weighted by molar-refractivity contribution is 7.86. The molecule has 0 spiro atoms. The summed E-state index contributed by atoms with van der Waals surface area (Å²) in [4.78, 5) is 17.4. The van der Waals surface area contributed by atoms with Gasteiger partial charge >= 0.3 is 5.97 Å². The van der Waals surface area contributed by atoms with Crippen LogP contribution in [0, 0.1) is 12.8 Å². The molecule has 9 heteroatoms. The largest absolute Gasteiger partial charge is 0.481 e. The summed E-state index contributed by atoms with van der Waals surface area (Å²) in [6, 6.07) is 1.97. The van der Waals surface area contributed by atoms with Crippen LogP contribution in [0.3, 0.4) is 0 Å². The van der Waals surface area contributed by atoms with Crippen molar-refractivity contribution in [1.82, 2.24) is 13.6 Å². The molecule has 0 unspecified atom stereocenters. The molecule has 1 aromatic rings. The first-order valence-electron chi connectivity index (χ1n) is 9.03. The zero-order chi connectivity index (χ0) is 18.7. The Bertz CT molecular complexity index is 747. The zero-order valence-electron chi connectivity index (χ0n) is 15.0. The SMILES string of the molecule is Cc1cnccc1N1CCCN(S(=O)(=O)N2CCC(C(=O)O)CC2)CC1. The molecule has 26 heavy (non-hydrogen) atoms. The van der Waals surface area contributed by atoms with Crippen molar-refractivity contribution < 1.29 is 18.3 Å². The standard InChI is InChI=1S/C17H26N4O4S/c1-14-13-18-6-3-16(14)19-7-2-8-20(12-11-19)26(24,25)21-9-4-15(5-10-21)17(22)23/h3,6,13,15H,2,4-5,7-12H2,1H3,(H,22,23). The maximum atomic E-state index is 13.0. The lowest BCUT2D eigenvalue weighted by atomic mass is 9.99. The van der Waals surface area contributed by atoms with Crippen molar-refractivity contribution in [3.63, 3.8) is 0 Å². The highest BCUT2D eigenvalue weighted by Gasteiger charge is 2.35. The lowest BCUT2D eigenvalue weighted by Crippen LogP contribution is -2.48. The third-order valence-corrected chi connectivity index (χ3v) is 7.28. The second-order valence-corrected chi connectivity index (χ2v) is 8.85. The van der Waals surface area contributed by atoms with E-state index in [0.29, 0.717) is 32.5 Å². The summed E-state index contributed by atoms with van der Waals surface area (Å²) < 4.78 is 28.9. The van der Waals surface area contributed by atoms with Gasteiger partial charge in [0.15, 0.2) is 0 Å². The fraction of sp³-hybridized carbons (Fsp3) is 0.647. The van der Waals surface area contributed by atoms with Gasteiger partial charge in [-0.05, 0) is 37.8 Å². The van der Waals surface area contributed by atoms with Gasteiger partial charge in [0, 0.05) is 57.3 Å². The number of rotatable bonds is 4. The minimum absolute atomic E-state index is 0.281. The van der Waals surface area contributed by atoms with Crippen molar-refractivity contribution in [1.29, 1.82) is 0 Å². The molecule has 2 fully saturated rings. The number of hydrogen-bond donors (Lipinski definition) is 1. The monoisotopic (exact) mass is 382 g/mol. The van der Waals surface area contributed by atoms with E-state index in [0.717, 1.165) is 24.2 Å². The van der Waals surface area contributed by atoms with E-state index in [-0.39, 0.29) is 13.1 Å². The van der Waals surface area contributed by atoms with Gasteiger partial charge in [0.1, 0.15) is 0 Å². The summed E-state index contributed by atoms with van der Waals surface area (Å²) >= 11 is 0. The van der Waals surface area contributed by atoms with Crippen LogP contribution in [0.4, 0.5) is 5.69 Å². The third kappa shape index (κ3) is 3.99. The number of carboxylic acid groups (broad SMARTS) is 1. The van der Waals surface area contributed by atoms with E-state index in [1.807, 2.05) is 19.2 Å². The number of pyridine rings is 1. The molecule has 0 aromatic carbocycles. The summed E-state index contributed by atoms with van der Waals surface area (Å²) in [7, 11) is -3.54. The molecular weight excluding hydrogens is 356 g/mol. The van der Waals surface area contributed by atoms with Crippen molar-refractivity contribution in [3.8, 4) is 0 Å². The number of nitrogens with zero attached hydrogens (tertiary/aromatic N) is 4. The third-order valence-electron chi connectivity index (χ3n) is 5.24. The van der Waals surface area contributed by atoms with Crippen LogP contribution in [0.25, 0.3) is 0 Å². The molecule has 3 rings (SSSR count). The van der Waals surface area contributed by atoms with E-state index in [9.17, 15) is 13.2 Å². The number of carboxylic acids is 1. The van der Waals surface area contributed by atoms with Crippen molar-refractivity contribution in [3.05, 3.63) is 24.0 Å². The molecule has 2 aliphatic rings. The molecule has 2 aliphatic heterocycles. The Kier molecular flexibility index (Phi) is 5.79. The molecule has 0 atom stereocenters. The second kappa shape index (κ2) is 7.89. The fourth-order valence-corrected chi connectivity index (χ4v) is 5.35. The number of anilines is 1. The molecule has 1 N–H and O–H groups in total. The summed E-state index contributed by atoms with van der Waals surface area (Å²) in [5, 5.41) is 9.08. The number of aryl methyl sites for hydroxylation is 1. The van der Waals surface area contributed by atoms with Crippen molar-refractivity contribution in [2.45, 2.75) is 26.2 Å². The molecule has 1 aromatic heterocycles. The molecule has 2 saturated heterocycles. The van der Waals surface area contributed by atoms with Gasteiger partial charge in [-0.3, -0.25) is 9.78 Å². The first kappa shape index (κ1) is 19.1. The van der Waals surface area contributed by atoms with Gasteiger partial charge in [0.05, 0.1) is 5.92 Å². The van der Waals surface area contributed by atoms with Gasteiger partial charge in [0.25, 0.3) is 10.2 Å². The Morgan fingerprint density at radius 2 is 1.81 bits per heavy atom. The molecule has 0 aliphatic carbocycles. The topological polar surface area (TPSA) is 94.1 Å². The smallest absolute Gasteiger partial charge is 0.306 e. The van der Waals surface area contributed by atoms with Crippen LogP contribution >= 0.6 is 0 Å². The number of piperidine rings is 1. The Hall–Kier alpha value is -1.71. The summed E-state index contributed by atoms with van der Waals surface area (Å²) in [5.41, 5.74) is 2.18. The minimum Gasteiger partial charge on any atom is -0.481 e. The van der Waals surface area contributed by atoms with Crippen LogP contribution in [0.2, 0.25) is 0 Å². The lowest BCUT2D eigenvalue weighted by Gasteiger charge is -2.33. The van der Waals surface area contributed by atoms with Gasteiger partial charge < -0.3 is 10.0 Å². The molecular formula is C17H26N4O4S. The number of carbonyl (C=O) groups is 1. The highest BCUT2D eigenvalue weighted by Crippen LogP contribution is 2.24. The quantitative estimate of drug-likeness (QED) is 0.833. The number of aromatic nitrogens is 1. The van der Waals surface area contributed by atoms with Crippen LogP contribution < -0.4 is 4.90 Å². The van der Waals surface area contributed by atoms with Gasteiger partial charge in [-0.25, -0.2) is 0 Å². The van der Waals surface area contributed by atoms with E-state index >= 15 is 0 Å². The van der Waals surface area contributed by atoms with E-state index in [2.05, 4.69) is 9.88 Å². The molecule has 3 heterocycles. The molecule has 0 bridgehead atoms. The Labute approximate surface area is 154 Å². The van der Waals surface area contributed by atoms with E-state index < -0.39 is 22.1 Å². The molecule has 8 nitrogen and oxygen atoms in total. The predicted octanol–water partition coefficient (Wildman–Crippen LogP) is 0.944. The summed E-state index contributed by atoms with van der Waals surface area (Å²) in [5.74, 6) is -1.27. The van der Waals surface area contributed by atoms with Crippen LogP contribution in [0.1, 0.15) is 24.8 Å². The fourth-order valence-electron chi connectivity index (χ4n) is 3.68. The van der Waals surface area contributed by atoms with E-state index in [1.165, 1.54) is 4.31 Å². The van der Waals surface area contributed by atoms with E-state index in [4.69, 9.17) is 5.11 Å². The summed E-state index contributed by atoms with van der Waals surface area (Å²) in [6.07, 6.45) is 5.09. The second-order valence-electron chi connectivity index (χ2n) is 6.92. The zero-order valence-corrected chi connectivity index (χ0v) is 15.9. The highest BCUT2D eigenvalue weighted by atomic mass is 32.2. The number of aliphatic carboxylic acids is 1. The molecule has 0 radical (unpaired) electrons. The van der Waals surface area contributed by atoms with Crippen LogP contribution in [0.15, 0.2) is 18.5 Å². The number of hydrogen-bond acceptors (Lipinski definition) is 5. The Balaban J connectivity index is 1.65. The lowest BCUT2D eigenvalue weighted by molar-refractivity contribution is -0.142. The molecule has 0 saturated carbocycles. The van der Waals surface area contributed by atoms with Crippen LogP contribution in [-0.4, -0.2) is 72.4 Å². The van der Waals surface area contributed by atoms with Crippen molar-refractivity contribution in [2.75, 3.05) is 44.2 Å². The van der Waals surface area contributed by atoms with Crippen molar-refractivity contribution in [2.24, 2.45) is 5.92 Å². The average Bonchev–Trinajstić information content (AvgIpc) is 2.89. The average molecular weight is 382 g/mol. The maximum Gasteiger partial charge on any atom is 0.306 e. The van der Waals surface area contributed by atoms with Gasteiger partial charge in [-0.2, -0.15) is 17.0 Å². The normalized spacial score (nSPS) is 21.5. The molecule has 0 amide bonds. The van der Waals surface area contributed by atoms with Crippen molar-refractivity contribution >= 4 is 21.9 Å². The van der Waals surface area contributed by atoms with Gasteiger partial charge in [-0.1, -0.05) is 0 Å². The maximum absolute atomic E-state index is 13.0. The molecule has 144 valence electrons. The van der Waals surface area contributed by atoms with Crippen LogP contribution in [-0.2, 0) is 15.0 Å². The summed E-state index contributed by atoms with van der Waals surface area (Å²) in [6.45, 7) is 4.93. The van der Waals surface area contributed by atoms with Gasteiger partial charge in [-0.15, -0.1) is 0 Å². The Morgan fingerprint density at radius 1 is 1.12 bits per heavy atom. The Morgan fingerprint density at radius 3 is 2.46 bits per heavy atom. The minimum atomic E-state index is -3.54. The van der Waals surface area contributed by atoms with Gasteiger partial charge in [0.2, 0.25) is 0 Å².